The van der Waals surface area contributed by atoms with Gasteiger partial charge < -0.3 is 24.7 Å². The molecule has 0 radical (unpaired) electrons. The number of carbonyl (C=O) groups excluding carboxylic acids is 2. The van der Waals surface area contributed by atoms with Crippen molar-refractivity contribution >= 4 is 28.4 Å². The summed E-state index contributed by atoms with van der Waals surface area (Å²) in [7, 11) is 3.13. The van der Waals surface area contributed by atoms with Crippen molar-refractivity contribution in [3.8, 4) is 11.5 Å². The van der Waals surface area contributed by atoms with Gasteiger partial charge in [-0.15, -0.1) is 0 Å². The number of piperazine rings is 1. The van der Waals surface area contributed by atoms with Gasteiger partial charge in [0.25, 0.3) is 5.91 Å². The average molecular weight is 422 g/mol. The maximum absolute atomic E-state index is 12.8. The minimum atomic E-state index is -0.126. The third-order valence-electron chi connectivity index (χ3n) is 5.47. The second-order valence-corrected chi connectivity index (χ2v) is 7.45. The van der Waals surface area contributed by atoms with E-state index in [9.17, 15) is 9.59 Å². The van der Waals surface area contributed by atoms with E-state index in [1.165, 1.54) is 0 Å². The number of fused-ring (bicyclic) bond motifs is 1. The van der Waals surface area contributed by atoms with Gasteiger partial charge in [-0.2, -0.15) is 0 Å². The predicted octanol–water partition coefficient (Wildman–Crippen LogP) is 2.58. The van der Waals surface area contributed by atoms with Gasteiger partial charge in [0.05, 0.1) is 26.5 Å². The van der Waals surface area contributed by atoms with Gasteiger partial charge in [0, 0.05) is 43.1 Å². The molecule has 0 bridgehead atoms. The van der Waals surface area contributed by atoms with Crippen molar-refractivity contribution in [1.29, 1.82) is 0 Å². The minimum absolute atomic E-state index is 0.0109. The summed E-state index contributed by atoms with van der Waals surface area (Å²) < 4.78 is 10.5. The van der Waals surface area contributed by atoms with Crippen molar-refractivity contribution in [2.75, 3.05) is 52.3 Å². The Balaban J connectivity index is 1.30. The van der Waals surface area contributed by atoms with Crippen LogP contribution in [0.25, 0.3) is 10.9 Å². The molecule has 8 heteroatoms. The molecule has 0 aliphatic carbocycles. The molecule has 4 rings (SSSR count). The lowest BCUT2D eigenvalue weighted by atomic mass is 10.2. The molecule has 1 aliphatic heterocycles. The van der Waals surface area contributed by atoms with Crippen molar-refractivity contribution in [3.63, 3.8) is 0 Å². The Morgan fingerprint density at radius 3 is 2.48 bits per heavy atom. The lowest BCUT2D eigenvalue weighted by molar-refractivity contribution is -0.117. The minimum Gasteiger partial charge on any atom is -0.497 e. The highest BCUT2D eigenvalue weighted by Gasteiger charge is 2.24. The Bertz CT molecular complexity index is 1050. The molecule has 1 aliphatic rings. The zero-order valence-corrected chi connectivity index (χ0v) is 17.7. The van der Waals surface area contributed by atoms with Gasteiger partial charge in [-0.05, 0) is 24.3 Å². The van der Waals surface area contributed by atoms with E-state index in [4.69, 9.17) is 9.47 Å². The molecular formula is C23H26N4O4. The third-order valence-corrected chi connectivity index (χ3v) is 5.47. The first-order valence-electron chi connectivity index (χ1n) is 10.2. The van der Waals surface area contributed by atoms with E-state index in [-0.39, 0.29) is 18.4 Å². The van der Waals surface area contributed by atoms with Crippen LogP contribution in [-0.4, -0.2) is 73.5 Å². The van der Waals surface area contributed by atoms with E-state index in [0.717, 1.165) is 10.9 Å². The van der Waals surface area contributed by atoms with E-state index >= 15 is 0 Å². The molecular weight excluding hydrogens is 396 g/mol. The number of aromatic amines is 1. The maximum atomic E-state index is 12.8. The number of para-hydroxylation sites is 1. The van der Waals surface area contributed by atoms with Gasteiger partial charge >= 0.3 is 0 Å². The molecule has 1 saturated heterocycles. The Morgan fingerprint density at radius 1 is 1.00 bits per heavy atom. The molecule has 162 valence electrons. The number of ether oxygens (including phenoxy) is 2. The molecule has 0 atom stereocenters. The number of hydrogen-bond acceptors (Lipinski definition) is 5. The monoisotopic (exact) mass is 422 g/mol. The van der Waals surface area contributed by atoms with Gasteiger partial charge in [0.1, 0.15) is 17.2 Å². The van der Waals surface area contributed by atoms with Crippen LogP contribution in [0.4, 0.5) is 5.69 Å². The second kappa shape index (κ2) is 9.09. The number of aromatic nitrogens is 1. The highest BCUT2D eigenvalue weighted by Crippen LogP contribution is 2.29. The maximum Gasteiger partial charge on any atom is 0.270 e. The van der Waals surface area contributed by atoms with Crippen LogP contribution in [0.5, 0.6) is 11.5 Å². The highest BCUT2D eigenvalue weighted by atomic mass is 16.5. The quantitative estimate of drug-likeness (QED) is 0.638. The molecule has 1 fully saturated rings. The van der Waals surface area contributed by atoms with Crippen LogP contribution in [0, 0.1) is 0 Å². The SMILES string of the molecule is COc1ccc(NC(=O)CN2CCN(C(=O)c3cc4ccccc4[nH]3)CC2)c(OC)c1. The Hall–Kier alpha value is -3.52. The van der Waals surface area contributed by atoms with Crippen LogP contribution >= 0.6 is 0 Å². The average Bonchev–Trinajstić information content (AvgIpc) is 3.23. The molecule has 0 unspecified atom stereocenters. The summed E-state index contributed by atoms with van der Waals surface area (Å²) in [6.07, 6.45) is 0. The van der Waals surface area contributed by atoms with Crippen LogP contribution in [-0.2, 0) is 4.79 Å². The van der Waals surface area contributed by atoms with Crippen LogP contribution < -0.4 is 14.8 Å². The molecule has 31 heavy (non-hydrogen) atoms. The summed E-state index contributed by atoms with van der Waals surface area (Å²) >= 11 is 0. The molecule has 2 heterocycles. The fourth-order valence-corrected chi connectivity index (χ4v) is 3.76. The Kier molecular flexibility index (Phi) is 6.08. The number of nitrogens with one attached hydrogen (secondary N) is 2. The number of nitrogens with zero attached hydrogens (tertiary/aromatic N) is 2. The first-order valence-corrected chi connectivity index (χ1v) is 10.2. The summed E-state index contributed by atoms with van der Waals surface area (Å²) in [5, 5.41) is 3.91. The Labute approximate surface area is 180 Å². The smallest absolute Gasteiger partial charge is 0.270 e. The molecule has 8 nitrogen and oxygen atoms in total. The summed E-state index contributed by atoms with van der Waals surface area (Å²) in [5.74, 6) is 1.06. The molecule has 0 spiro atoms. The van der Waals surface area contributed by atoms with E-state index in [1.54, 1.807) is 32.4 Å². The molecule has 2 aromatic carbocycles. The van der Waals surface area contributed by atoms with Crippen molar-refractivity contribution < 1.29 is 19.1 Å². The lowest BCUT2D eigenvalue weighted by Gasteiger charge is -2.34. The number of amides is 2. The fourth-order valence-electron chi connectivity index (χ4n) is 3.76. The second-order valence-electron chi connectivity index (χ2n) is 7.45. The first-order chi connectivity index (χ1) is 15.1. The molecule has 3 aromatic rings. The number of methoxy groups -OCH3 is 2. The predicted molar refractivity (Wildman–Crippen MR) is 119 cm³/mol. The van der Waals surface area contributed by atoms with Gasteiger partial charge in [-0.1, -0.05) is 18.2 Å². The molecule has 2 amide bonds. The van der Waals surface area contributed by atoms with Crippen molar-refractivity contribution in [2.24, 2.45) is 0 Å². The number of benzene rings is 2. The number of hydrogen-bond donors (Lipinski definition) is 2. The van der Waals surface area contributed by atoms with Gasteiger partial charge in [0.15, 0.2) is 0 Å². The zero-order chi connectivity index (χ0) is 21.8. The standard InChI is InChI=1S/C23H26N4O4/c1-30-17-7-8-19(21(14-17)31-2)25-22(28)15-26-9-11-27(12-10-26)23(29)20-13-16-5-3-4-6-18(16)24-20/h3-8,13-14,24H,9-12,15H2,1-2H3,(H,25,28). The summed E-state index contributed by atoms with van der Waals surface area (Å²) in [4.78, 5) is 32.4. The van der Waals surface area contributed by atoms with Crippen molar-refractivity contribution in [3.05, 3.63) is 54.2 Å². The van der Waals surface area contributed by atoms with E-state index in [2.05, 4.69) is 10.3 Å². The Morgan fingerprint density at radius 2 is 1.77 bits per heavy atom. The van der Waals surface area contributed by atoms with Gasteiger partial charge in [-0.3, -0.25) is 14.5 Å². The zero-order valence-electron chi connectivity index (χ0n) is 17.7. The third kappa shape index (κ3) is 4.64. The normalized spacial score (nSPS) is 14.5. The first kappa shape index (κ1) is 20.7. The fraction of sp³-hybridized carbons (Fsp3) is 0.304. The number of H-pyrrole nitrogens is 1. The van der Waals surface area contributed by atoms with Crippen LogP contribution in [0.3, 0.4) is 0 Å². The molecule has 1 aromatic heterocycles. The number of carbonyl (C=O) groups is 2. The van der Waals surface area contributed by atoms with Gasteiger partial charge in [0.2, 0.25) is 5.91 Å². The highest BCUT2D eigenvalue weighted by molar-refractivity contribution is 5.98. The van der Waals surface area contributed by atoms with E-state index in [0.29, 0.717) is 49.1 Å². The molecule has 2 N–H and O–H groups in total. The van der Waals surface area contributed by atoms with Crippen LogP contribution in [0.2, 0.25) is 0 Å². The summed E-state index contributed by atoms with van der Waals surface area (Å²) in [5.41, 5.74) is 2.15. The van der Waals surface area contributed by atoms with Crippen molar-refractivity contribution in [2.45, 2.75) is 0 Å². The summed E-state index contributed by atoms with van der Waals surface area (Å²) in [6, 6.07) is 15.0. The van der Waals surface area contributed by atoms with Gasteiger partial charge in [-0.25, -0.2) is 0 Å². The van der Waals surface area contributed by atoms with Crippen molar-refractivity contribution in [1.82, 2.24) is 14.8 Å². The van der Waals surface area contributed by atoms with E-state index in [1.807, 2.05) is 40.1 Å². The largest absolute Gasteiger partial charge is 0.497 e. The number of anilines is 1. The number of rotatable bonds is 6. The van der Waals surface area contributed by atoms with Crippen LogP contribution in [0.15, 0.2) is 48.5 Å². The topological polar surface area (TPSA) is 86.9 Å². The summed E-state index contributed by atoms with van der Waals surface area (Å²) in [6.45, 7) is 2.68. The lowest BCUT2D eigenvalue weighted by Crippen LogP contribution is -2.50. The molecule has 0 saturated carbocycles. The van der Waals surface area contributed by atoms with Crippen LogP contribution in [0.1, 0.15) is 10.5 Å². The van der Waals surface area contributed by atoms with E-state index < -0.39 is 0 Å².